The van der Waals surface area contributed by atoms with Gasteiger partial charge in [-0.25, -0.2) is 9.79 Å². The number of nitrogens with zero attached hydrogens (tertiary/aromatic N) is 5. The molecule has 0 N–H and O–H groups in total. The first-order valence-corrected chi connectivity index (χ1v) is 12.4. The average Bonchev–Trinajstić information content (AvgIpc) is 3.48. The highest BCUT2D eigenvalue weighted by Crippen LogP contribution is 2.24. The zero-order valence-electron chi connectivity index (χ0n) is 17.9. The van der Waals surface area contributed by atoms with Crippen LogP contribution in [0.2, 0.25) is 4.34 Å². The SMILES string of the molecule is CCCCCn1c2c(c(=O)n(CCCc3cnn(Cc4ccc(Cl)s4)c3)c1=O)CC(Cl)=N2. The second-order valence-corrected chi connectivity index (χ2v) is 10.2. The third-order valence-electron chi connectivity index (χ3n) is 5.51. The summed E-state index contributed by atoms with van der Waals surface area (Å²) in [5.41, 5.74) is 1.01. The molecule has 32 heavy (non-hydrogen) atoms. The minimum Gasteiger partial charge on any atom is -0.278 e. The van der Waals surface area contributed by atoms with E-state index in [2.05, 4.69) is 17.0 Å². The lowest BCUT2D eigenvalue weighted by Crippen LogP contribution is -2.41. The quantitative estimate of drug-likeness (QED) is 0.386. The van der Waals surface area contributed by atoms with E-state index in [0.29, 0.717) is 49.0 Å². The predicted molar refractivity (Wildman–Crippen MR) is 130 cm³/mol. The van der Waals surface area contributed by atoms with E-state index in [4.69, 9.17) is 23.2 Å². The van der Waals surface area contributed by atoms with Gasteiger partial charge >= 0.3 is 5.69 Å². The monoisotopic (exact) mass is 493 g/mol. The molecule has 0 radical (unpaired) electrons. The summed E-state index contributed by atoms with van der Waals surface area (Å²) in [4.78, 5) is 31.5. The molecule has 0 spiro atoms. The highest BCUT2D eigenvalue weighted by atomic mass is 35.5. The number of halogens is 2. The van der Waals surface area contributed by atoms with Crippen LogP contribution in [0.4, 0.5) is 5.82 Å². The molecule has 0 unspecified atom stereocenters. The second-order valence-electron chi connectivity index (χ2n) is 7.92. The molecule has 4 heterocycles. The van der Waals surface area contributed by atoms with Gasteiger partial charge in [-0.1, -0.05) is 43.0 Å². The Bertz CT molecular complexity index is 1250. The molecular formula is C22H25Cl2N5O2S. The standard InChI is InChI=1S/C22H25Cl2N5O2S/c1-2-3-4-9-28-20-17(11-18(23)26-20)21(30)29(22(28)31)10-5-6-15-12-25-27(13-15)14-16-7-8-19(24)32-16/h7-8,12-13H,2-6,9-11,14H2,1H3. The van der Waals surface area contributed by atoms with Crippen LogP contribution in [0.5, 0.6) is 0 Å². The first-order valence-electron chi connectivity index (χ1n) is 10.8. The maximum atomic E-state index is 13.1. The first kappa shape index (κ1) is 23.0. The molecule has 10 heteroatoms. The Morgan fingerprint density at radius 2 is 1.91 bits per heavy atom. The van der Waals surface area contributed by atoms with Crippen LogP contribution in [0, 0.1) is 0 Å². The number of fused-ring (bicyclic) bond motifs is 1. The predicted octanol–water partition coefficient (Wildman–Crippen LogP) is 4.62. The smallest absolute Gasteiger partial charge is 0.278 e. The summed E-state index contributed by atoms with van der Waals surface area (Å²) in [6.07, 6.45) is 8.43. The zero-order chi connectivity index (χ0) is 22.7. The lowest BCUT2D eigenvalue weighted by atomic mass is 10.2. The number of thiophene rings is 1. The summed E-state index contributed by atoms with van der Waals surface area (Å²) < 4.78 is 5.60. The van der Waals surface area contributed by atoms with E-state index in [9.17, 15) is 9.59 Å². The normalized spacial score (nSPS) is 12.9. The molecule has 0 fully saturated rings. The number of aryl methyl sites for hydroxylation is 1. The van der Waals surface area contributed by atoms with Crippen molar-refractivity contribution in [2.75, 3.05) is 0 Å². The lowest BCUT2D eigenvalue weighted by molar-refractivity contribution is 0.513. The van der Waals surface area contributed by atoms with Crippen LogP contribution in [0.25, 0.3) is 0 Å². The van der Waals surface area contributed by atoms with Gasteiger partial charge in [0.1, 0.15) is 11.0 Å². The molecule has 1 aliphatic rings. The maximum Gasteiger partial charge on any atom is 0.332 e. The van der Waals surface area contributed by atoms with Gasteiger partial charge in [0, 0.05) is 30.6 Å². The van der Waals surface area contributed by atoms with Gasteiger partial charge in [0.25, 0.3) is 5.56 Å². The highest BCUT2D eigenvalue weighted by Gasteiger charge is 2.24. The van der Waals surface area contributed by atoms with Gasteiger partial charge in [-0.3, -0.25) is 18.6 Å². The van der Waals surface area contributed by atoms with Gasteiger partial charge < -0.3 is 0 Å². The van der Waals surface area contributed by atoms with E-state index in [1.165, 1.54) is 15.9 Å². The molecule has 0 bridgehead atoms. The Hall–Kier alpha value is -2.16. The number of unbranched alkanes of at least 4 members (excludes halogenated alkanes) is 2. The van der Waals surface area contributed by atoms with Crippen molar-refractivity contribution in [2.24, 2.45) is 4.99 Å². The summed E-state index contributed by atoms with van der Waals surface area (Å²) >= 11 is 13.6. The van der Waals surface area contributed by atoms with Gasteiger partial charge in [0.15, 0.2) is 0 Å². The van der Waals surface area contributed by atoms with Gasteiger partial charge in [-0.2, -0.15) is 5.10 Å². The summed E-state index contributed by atoms with van der Waals surface area (Å²) in [6.45, 7) is 3.68. The number of aromatic nitrogens is 4. The zero-order valence-corrected chi connectivity index (χ0v) is 20.2. The van der Waals surface area contributed by atoms with E-state index in [-0.39, 0.29) is 11.2 Å². The number of rotatable bonds is 10. The second kappa shape index (κ2) is 10.2. The van der Waals surface area contributed by atoms with E-state index in [1.807, 2.05) is 29.2 Å². The van der Waals surface area contributed by atoms with E-state index < -0.39 is 0 Å². The molecule has 0 aliphatic carbocycles. The van der Waals surface area contributed by atoms with Gasteiger partial charge in [0.05, 0.1) is 22.6 Å². The lowest BCUT2D eigenvalue weighted by Gasteiger charge is -2.14. The highest BCUT2D eigenvalue weighted by molar-refractivity contribution is 7.16. The number of hydrogen-bond donors (Lipinski definition) is 0. The van der Waals surface area contributed by atoms with E-state index in [1.54, 1.807) is 4.57 Å². The van der Waals surface area contributed by atoms with Crippen molar-refractivity contribution in [3.8, 4) is 0 Å². The molecular weight excluding hydrogens is 469 g/mol. The Balaban J connectivity index is 1.46. The fourth-order valence-corrected chi connectivity index (χ4v) is 5.20. The third-order valence-corrected chi connectivity index (χ3v) is 6.94. The van der Waals surface area contributed by atoms with Crippen LogP contribution in [-0.4, -0.2) is 24.1 Å². The summed E-state index contributed by atoms with van der Waals surface area (Å²) in [6, 6.07) is 3.88. The van der Waals surface area contributed by atoms with Crippen LogP contribution >= 0.6 is 34.5 Å². The van der Waals surface area contributed by atoms with Crippen molar-refractivity contribution in [3.05, 3.63) is 65.7 Å². The molecule has 0 atom stereocenters. The fourth-order valence-electron chi connectivity index (χ4n) is 3.91. The molecule has 0 saturated heterocycles. The van der Waals surface area contributed by atoms with Crippen molar-refractivity contribution >= 4 is 45.5 Å². The van der Waals surface area contributed by atoms with Gasteiger partial charge in [-0.05, 0) is 37.0 Å². The maximum absolute atomic E-state index is 13.1. The van der Waals surface area contributed by atoms with Crippen LogP contribution < -0.4 is 11.2 Å². The minimum absolute atomic E-state index is 0.276. The van der Waals surface area contributed by atoms with Crippen molar-refractivity contribution in [2.45, 2.75) is 65.1 Å². The Kier molecular flexibility index (Phi) is 7.33. The van der Waals surface area contributed by atoms with Gasteiger partial charge in [0.2, 0.25) is 0 Å². The van der Waals surface area contributed by atoms with E-state index >= 15 is 0 Å². The fraction of sp³-hybridized carbons (Fsp3) is 0.455. The van der Waals surface area contributed by atoms with Crippen molar-refractivity contribution < 1.29 is 0 Å². The molecule has 0 amide bonds. The van der Waals surface area contributed by atoms with Crippen molar-refractivity contribution in [3.63, 3.8) is 0 Å². The molecule has 170 valence electrons. The molecule has 0 aromatic carbocycles. The van der Waals surface area contributed by atoms with Crippen LogP contribution in [0.1, 0.15) is 48.6 Å². The Morgan fingerprint density at radius 3 is 2.66 bits per heavy atom. The molecule has 1 aliphatic heterocycles. The molecule has 4 rings (SSSR count). The average molecular weight is 494 g/mol. The topological polar surface area (TPSA) is 74.2 Å². The number of hydrogen-bond acceptors (Lipinski definition) is 5. The third kappa shape index (κ3) is 5.08. The largest absolute Gasteiger partial charge is 0.332 e. The number of aliphatic imine (C=N–C) groups is 1. The van der Waals surface area contributed by atoms with Crippen LogP contribution in [-0.2, 0) is 32.5 Å². The summed E-state index contributed by atoms with van der Waals surface area (Å²) in [5.74, 6) is 0.437. The minimum atomic E-state index is -0.301. The van der Waals surface area contributed by atoms with Gasteiger partial charge in [-0.15, -0.1) is 11.3 Å². The Morgan fingerprint density at radius 1 is 1.09 bits per heavy atom. The first-order chi connectivity index (χ1) is 15.5. The summed E-state index contributed by atoms with van der Waals surface area (Å²) in [7, 11) is 0. The van der Waals surface area contributed by atoms with Crippen LogP contribution in [0.15, 0.2) is 39.1 Å². The summed E-state index contributed by atoms with van der Waals surface area (Å²) in [5, 5.41) is 4.77. The van der Waals surface area contributed by atoms with Crippen molar-refractivity contribution in [1.82, 2.24) is 18.9 Å². The molecule has 7 nitrogen and oxygen atoms in total. The Labute approximate surface area is 199 Å². The van der Waals surface area contributed by atoms with Crippen molar-refractivity contribution in [1.29, 1.82) is 0 Å². The molecule has 3 aromatic rings. The molecule has 0 saturated carbocycles. The van der Waals surface area contributed by atoms with Crippen LogP contribution in [0.3, 0.4) is 0 Å². The molecule has 3 aromatic heterocycles. The van der Waals surface area contributed by atoms with E-state index in [0.717, 1.165) is 40.5 Å².